The van der Waals surface area contributed by atoms with Crippen LogP contribution in [0.15, 0.2) is 0 Å². The molecule has 3 atom stereocenters. The van der Waals surface area contributed by atoms with E-state index in [4.69, 9.17) is 4.43 Å². The molecule has 1 rings (SSSR count). The first-order valence-electron chi connectivity index (χ1n) is 7.72. The molecule has 2 heteroatoms. The predicted octanol–water partition coefficient (Wildman–Crippen LogP) is 5.47. The smallest absolute Gasteiger partial charge is 0.192 e. The van der Waals surface area contributed by atoms with E-state index in [9.17, 15) is 0 Å². The summed E-state index contributed by atoms with van der Waals surface area (Å²) in [7, 11) is -1.61. The Labute approximate surface area is 116 Å². The molecule has 0 aromatic carbocycles. The van der Waals surface area contributed by atoms with E-state index in [-0.39, 0.29) is 0 Å². The number of rotatable bonds is 3. The van der Waals surface area contributed by atoms with Gasteiger partial charge in [0.2, 0.25) is 0 Å². The van der Waals surface area contributed by atoms with E-state index in [1.807, 2.05) is 0 Å². The van der Waals surface area contributed by atoms with Crippen LogP contribution in [0.5, 0.6) is 0 Å². The van der Waals surface area contributed by atoms with Crippen molar-refractivity contribution in [3.8, 4) is 0 Å². The summed E-state index contributed by atoms with van der Waals surface area (Å²) < 4.78 is 6.73. The minimum atomic E-state index is -1.61. The number of hydrogen-bond donors (Lipinski definition) is 0. The van der Waals surface area contributed by atoms with Gasteiger partial charge in [-0.2, -0.15) is 0 Å². The second-order valence-electron chi connectivity index (χ2n) is 8.24. The van der Waals surface area contributed by atoms with E-state index in [2.05, 4.69) is 54.6 Å². The summed E-state index contributed by atoms with van der Waals surface area (Å²) in [6, 6.07) is 0. The van der Waals surface area contributed by atoms with Gasteiger partial charge in [-0.05, 0) is 48.7 Å². The van der Waals surface area contributed by atoms with Crippen molar-refractivity contribution >= 4 is 8.32 Å². The van der Waals surface area contributed by atoms with Gasteiger partial charge in [-0.1, -0.05) is 48.0 Å². The van der Waals surface area contributed by atoms with Crippen LogP contribution in [0.3, 0.4) is 0 Å². The number of hydrogen-bond acceptors (Lipinski definition) is 1. The minimum Gasteiger partial charge on any atom is -0.414 e. The first-order chi connectivity index (χ1) is 8.04. The van der Waals surface area contributed by atoms with Crippen molar-refractivity contribution in [2.24, 2.45) is 17.8 Å². The van der Waals surface area contributed by atoms with E-state index >= 15 is 0 Å². The molecule has 1 unspecified atom stereocenters. The molecule has 1 saturated carbocycles. The maximum atomic E-state index is 6.73. The third-order valence-electron chi connectivity index (χ3n) is 5.21. The van der Waals surface area contributed by atoms with Crippen LogP contribution < -0.4 is 0 Å². The molecule has 108 valence electrons. The zero-order valence-corrected chi connectivity index (χ0v) is 14.8. The summed E-state index contributed by atoms with van der Waals surface area (Å²) in [4.78, 5) is 0. The fourth-order valence-corrected chi connectivity index (χ4v) is 4.19. The maximum absolute atomic E-state index is 6.73. The zero-order chi connectivity index (χ0) is 14.1. The summed E-state index contributed by atoms with van der Waals surface area (Å²) >= 11 is 0. The molecule has 1 aliphatic carbocycles. The Morgan fingerprint density at radius 2 is 1.67 bits per heavy atom. The second-order valence-corrected chi connectivity index (χ2v) is 13.0. The SMILES string of the molecule is CC(C)[C@H]1CC[C@H](C)CC1O[Si](C)(C)C(C)(C)C. The first-order valence-corrected chi connectivity index (χ1v) is 10.6. The lowest BCUT2D eigenvalue weighted by molar-refractivity contribution is 0.0355. The van der Waals surface area contributed by atoms with Crippen molar-refractivity contribution < 1.29 is 4.43 Å². The van der Waals surface area contributed by atoms with Crippen molar-refractivity contribution in [3.63, 3.8) is 0 Å². The third kappa shape index (κ3) is 3.83. The van der Waals surface area contributed by atoms with Gasteiger partial charge in [-0.15, -0.1) is 0 Å². The largest absolute Gasteiger partial charge is 0.414 e. The molecule has 1 aliphatic rings. The summed E-state index contributed by atoms with van der Waals surface area (Å²) in [5, 5.41) is 0.329. The molecule has 0 N–H and O–H groups in total. The average Bonchev–Trinajstić information content (AvgIpc) is 2.14. The Hall–Kier alpha value is 0.177. The van der Waals surface area contributed by atoms with Crippen LogP contribution in [0.2, 0.25) is 18.1 Å². The predicted molar refractivity (Wildman–Crippen MR) is 83.4 cm³/mol. The van der Waals surface area contributed by atoms with E-state index in [1.54, 1.807) is 0 Å². The molecule has 0 heterocycles. The van der Waals surface area contributed by atoms with Crippen LogP contribution in [0, 0.1) is 17.8 Å². The fourth-order valence-electron chi connectivity index (χ4n) is 2.81. The molecule has 0 spiro atoms. The van der Waals surface area contributed by atoms with Crippen LogP contribution in [0.25, 0.3) is 0 Å². The molecule has 0 aromatic rings. The standard InChI is InChI=1S/C16H34OSi/c1-12(2)14-10-9-13(3)11-15(14)17-18(7,8)16(4,5)6/h12-15H,9-11H2,1-8H3/t13-,14+,15?/m0/s1. The van der Waals surface area contributed by atoms with Crippen LogP contribution >= 0.6 is 0 Å². The van der Waals surface area contributed by atoms with E-state index in [0.29, 0.717) is 11.1 Å². The zero-order valence-electron chi connectivity index (χ0n) is 13.8. The molecular formula is C16H34OSi. The molecule has 18 heavy (non-hydrogen) atoms. The van der Waals surface area contributed by atoms with Crippen molar-refractivity contribution in [1.29, 1.82) is 0 Å². The molecule has 0 aliphatic heterocycles. The van der Waals surface area contributed by atoms with Gasteiger partial charge in [0.05, 0.1) is 0 Å². The normalized spacial score (nSPS) is 30.8. The maximum Gasteiger partial charge on any atom is 0.192 e. The minimum absolute atomic E-state index is 0.329. The summed E-state index contributed by atoms with van der Waals surface area (Å²) in [5.74, 6) is 2.37. The highest BCUT2D eigenvalue weighted by molar-refractivity contribution is 6.74. The van der Waals surface area contributed by atoms with Crippen molar-refractivity contribution in [3.05, 3.63) is 0 Å². The second kappa shape index (κ2) is 5.66. The highest BCUT2D eigenvalue weighted by atomic mass is 28.4. The van der Waals surface area contributed by atoms with Crippen LogP contribution in [-0.2, 0) is 4.43 Å². The van der Waals surface area contributed by atoms with E-state index < -0.39 is 8.32 Å². The van der Waals surface area contributed by atoms with Gasteiger partial charge in [-0.25, -0.2) is 0 Å². The molecule has 0 aromatic heterocycles. The molecule has 0 radical (unpaired) electrons. The van der Waals surface area contributed by atoms with Gasteiger partial charge in [-0.3, -0.25) is 0 Å². The molecule has 0 amide bonds. The molecule has 0 bridgehead atoms. The van der Waals surface area contributed by atoms with Crippen molar-refractivity contribution in [1.82, 2.24) is 0 Å². The fraction of sp³-hybridized carbons (Fsp3) is 1.00. The summed E-state index contributed by atoms with van der Waals surface area (Å²) in [6.07, 6.45) is 4.53. The monoisotopic (exact) mass is 270 g/mol. The molecular weight excluding hydrogens is 236 g/mol. The van der Waals surface area contributed by atoms with E-state index in [0.717, 1.165) is 17.8 Å². The van der Waals surface area contributed by atoms with Gasteiger partial charge in [0.1, 0.15) is 0 Å². The lowest BCUT2D eigenvalue weighted by Gasteiger charge is -2.45. The lowest BCUT2D eigenvalue weighted by atomic mass is 9.75. The van der Waals surface area contributed by atoms with Gasteiger partial charge >= 0.3 is 0 Å². The van der Waals surface area contributed by atoms with Crippen molar-refractivity contribution in [2.45, 2.75) is 85.0 Å². The summed E-state index contributed by atoms with van der Waals surface area (Å²) in [5.41, 5.74) is 0. The van der Waals surface area contributed by atoms with Gasteiger partial charge < -0.3 is 4.43 Å². The van der Waals surface area contributed by atoms with Crippen molar-refractivity contribution in [2.75, 3.05) is 0 Å². The Morgan fingerprint density at radius 3 is 2.11 bits per heavy atom. The Bertz CT molecular complexity index is 265. The topological polar surface area (TPSA) is 9.23 Å². The first kappa shape index (κ1) is 16.2. The highest BCUT2D eigenvalue weighted by Gasteiger charge is 2.42. The molecule has 0 saturated heterocycles. The quantitative estimate of drug-likeness (QED) is 0.618. The third-order valence-corrected chi connectivity index (χ3v) is 9.72. The Balaban J connectivity index is 2.78. The molecule has 1 fully saturated rings. The van der Waals surface area contributed by atoms with Crippen LogP contribution in [-0.4, -0.2) is 14.4 Å². The lowest BCUT2D eigenvalue weighted by Crippen LogP contribution is -2.48. The summed E-state index contributed by atoms with van der Waals surface area (Å²) in [6.45, 7) is 18.9. The Kier molecular flexibility index (Phi) is 5.11. The van der Waals surface area contributed by atoms with E-state index in [1.165, 1.54) is 19.3 Å². The van der Waals surface area contributed by atoms with Crippen LogP contribution in [0.4, 0.5) is 0 Å². The Morgan fingerprint density at radius 1 is 1.11 bits per heavy atom. The molecule has 1 nitrogen and oxygen atoms in total. The highest BCUT2D eigenvalue weighted by Crippen LogP contribution is 2.42. The van der Waals surface area contributed by atoms with Gasteiger partial charge in [0.25, 0.3) is 0 Å². The van der Waals surface area contributed by atoms with Crippen LogP contribution in [0.1, 0.15) is 60.8 Å². The average molecular weight is 271 g/mol. The van der Waals surface area contributed by atoms with Gasteiger partial charge in [0.15, 0.2) is 8.32 Å². The van der Waals surface area contributed by atoms with Gasteiger partial charge in [0, 0.05) is 6.10 Å².